The van der Waals surface area contributed by atoms with Crippen LogP contribution >= 0.6 is 11.6 Å². The summed E-state index contributed by atoms with van der Waals surface area (Å²) in [6.07, 6.45) is -3.48. The van der Waals surface area contributed by atoms with Gasteiger partial charge in [0.2, 0.25) is 0 Å². The van der Waals surface area contributed by atoms with E-state index < -0.39 is 17.6 Å². The number of benzene rings is 1. The van der Waals surface area contributed by atoms with Gasteiger partial charge in [-0.3, -0.25) is 9.47 Å². The molecule has 0 aliphatic carbocycles. The molecular weight excluding hydrogens is 381 g/mol. The molecule has 1 aliphatic heterocycles. The minimum Gasteiger partial charge on any atom is -0.298 e. The van der Waals surface area contributed by atoms with Gasteiger partial charge in [0.25, 0.3) is 0 Å². The predicted molar refractivity (Wildman–Crippen MR) is 94.5 cm³/mol. The number of aromatic nitrogens is 3. The molecule has 9 heteroatoms. The van der Waals surface area contributed by atoms with Crippen molar-refractivity contribution in [3.8, 4) is 0 Å². The molecule has 0 N–H and O–H groups in total. The van der Waals surface area contributed by atoms with E-state index in [0.717, 1.165) is 35.3 Å². The fourth-order valence-corrected chi connectivity index (χ4v) is 3.21. The number of alkyl halides is 3. The fourth-order valence-electron chi connectivity index (χ4n) is 3.01. The van der Waals surface area contributed by atoms with Crippen LogP contribution in [0, 0.1) is 0 Å². The molecule has 2 unspecified atom stereocenters. The SMILES string of the molecule is O=c1nc(C(F)(F)F)ccn1CC1CN1Cc1cc2ccccc2nc1Cl. The molecule has 0 bridgehead atoms. The van der Waals surface area contributed by atoms with Crippen LogP contribution < -0.4 is 5.69 Å². The predicted octanol–water partition coefficient (Wildman–Crippen LogP) is 3.35. The topological polar surface area (TPSA) is 50.8 Å². The van der Waals surface area contributed by atoms with Crippen molar-refractivity contribution in [3.05, 3.63) is 69.5 Å². The molecule has 27 heavy (non-hydrogen) atoms. The maximum atomic E-state index is 12.6. The maximum Gasteiger partial charge on any atom is 0.433 e. The highest BCUT2D eigenvalue weighted by Crippen LogP contribution is 2.28. The van der Waals surface area contributed by atoms with E-state index in [2.05, 4.69) is 14.9 Å². The van der Waals surface area contributed by atoms with Crippen molar-refractivity contribution in [1.29, 1.82) is 0 Å². The van der Waals surface area contributed by atoms with E-state index in [-0.39, 0.29) is 12.6 Å². The van der Waals surface area contributed by atoms with E-state index in [1.165, 1.54) is 4.57 Å². The quantitative estimate of drug-likeness (QED) is 0.503. The molecule has 4 rings (SSSR count). The second-order valence-corrected chi connectivity index (χ2v) is 6.82. The van der Waals surface area contributed by atoms with Crippen molar-refractivity contribution in [2.75, 3.05) is 6.54 Å². The molecule has 0 radical (unpaired) electrons. The van der Waals surface area contributed by atoms with Gasteiger partial charge in [-0.15, -0.1) is 0 Å². The average molecular weight is 395 g/mol. The van der Waals surface area contributed by atoms with Gasteiger partial charge < -0.3 is 0 Å². The molecule has 2 aromatic heterocycles. The number of pyridine rings is 1. The summed E-state index contributed by atoms with van der Waals surface area (Å²) in [7, 11) is 0. The Balaban J connectivity index is 1.45. The number of halogens is 4. The molecule has 3 heterocycles. The lowest BCUT2D eigenvalue weighted by Gasteiger charge is -2.10. The molecule has 0 saturated carbocycles. The van der Waals surface area contributed by atoms with Crippen molar-refractivity contribution < 1.29 is 13.2 Å². The molecule has 1 saturated heterocycles. The normalized spacial score (nSPS) is 19.4. The molecule has 5 nitrogen and oxygen atoms in total. The van der Waals surface area contributed by atoms with Crippen LogP contribution in [0.2, 0.25) is 5.15 Å². The molecule has 0 spiro atoms. The monoisotopic (exact) mass is 394 g/mol. The van der Waals surface area contributed by atoms with Crippen molar-refractivity contribution >= 4 is 22.5 Å². The highest BCUT2D eigenvalue weighted by atomic mass is 35.5. The zero-order valence-electron chi connectivity index (χ0n) is 13.9. The van der Waals surface area contributed by atoms with Gasteiger partial charge in [0.05, 0.1) is 5.52 Å². The summed E-state index contributed by atoms with van der Waals surface area (Å²) in [5.41, 5.74) is -0.390. The molecule has 3 aromatic rings. The zero-order chi connectivity index (χ0) is 19.2. The Hall–Kier alpha value is -2.45. The number of hydrogen-bond acceptors (Lipinski definition) is 4. The summed E-state index contributed by atoms with van der Waals surface area (Å²) >= 11 is 6.26. The van der Waals surface area contributed by atoms with Crippen molar-refractivity contribution in [1.82, 2.24) is 19.4 Å². The Bertz CT molecular complexity index is 1070. The third kappa shape index (κ3) is 3.81. The molecule has 1 aliphatic rings. The second kappa shape index (κ2) is 6.61. The summed E-state index contributed by atoms with van der Waals surface area (Å²) in [5.74, 6) is 0. The first kappa shape index (κ1) is 17.9. The van der Waals surface area contributed by atoms with E-state index in [0.29, 0.717) is 11.7 Å². The lowest BCUT2D eigenvalue weighted by Crippen LogP contribution is -2.28. The van der Waals surface area contributed by atoms with Gasteiger partial charge in [-0.25, -0.2) is 9.78 Å². The lowest BCUT2D eigenvalue weighted by molar-refractivity contribution is -0.141. The average Bonchev–Trinajstić information content (AvgIpc) is 3.34. The van der Waals surface area contributed by atoms with Crippen LogP contribution in [0.4, 0.5) is 13.2 Å². The van der Waals surface area contributed by atoms with Crippen molar-refractivity contribution in [3.63, 3.8) is 0 Å². The first-order chi connectivity index (χ1) is 12.8. The molecule has 0 amide bonds. The number of rotatable bonds is 4. The Morgan fingerprint density at radius 2 is 1.96 bits per heavy atom. The van der Waals surface area contributed by atoms with Gasteiger partial charge in [0, 0.05) is 42.8 Å². The third-order valence-electron chi connectivity index (χ3n) is 4.52. The molecule has 2 atom stereocenters. The number of nitrogens with zero attached hydrogens (tertiary/aromatic N) is 4. The van der Waals surface area contributed by atoms with E-state index in [1.54, 1.807) is 0 Å². The van der Waals surface area contributed by atoms with Crippen LogP contribution in [0.15, 0.2) is 47.4 Å². The first-order valence-electron chi connectivity index (χ1n) is 8.24. The number of para-hydroxylation sites is 1. The van der Waals surface area contributed by atoms with E-state index >= 15 is 0 Å². The Labute approximate surface area is 157 Å². The van der Waals surface area contributed by atoms with Gasteiger partial charge in [-0.1, -0.05) is 29.8 Å². The van der Waals surface area contributed by atoms with E-state index in [4.69, 9.17) is 11.6 Å². The highest BCUT2D eigenvalue weighted by molar-refractivity contribution is 6.30. The van der Waals surface area contributed by atoms with Crippen LogP contribution in [0.5, 0.6) is 0 Å². The Morgan fingerprint density at radius 3 is 2.70 bits per heavy atom. The zero-order valence-corrected chi connectivity index (χ0v) is 14.7. The summed E-state index contributed by atoms with van der Waals surface area (Å²) < 4.78 is 39.0. The van der Waals surface area contributed by atoms with Gasteiger partial charge in [-0.2, -0.15) is 18.2 Å². The number of fused-ring (bicyclic) bond motifs is 1. The van der Waals surface area contributed by atoms with Crippen LogP contribution in [0.25, 0.3) is 10.9 Å². The summed E-state index contributed by atoms with van der Waals surface area (Å²) in [6.45, 7) is 1.56. The summed E-state index contributed by atoms with van der Waals surface area (Å²) in [5, 5.41) is 1.41. The lowest BCUT2D eigenvalue weighted by atomic mass is 10.1. The van der Waals surface area contributed by atoms with Crippen LogP contribution in [0.3, 0.4) is 0 Å². The fraction of sp³-hybridized carbons (Fsp3) is 0.278. The van der Waals surface area contributed by atoms with Crippen LogP contribution in [-0.4, -0.2) is 32.0 Å². The standard InChI is InChI=1S/C18H14ClF3N4O/c19-16-12(7-11-3-1-2-4-14(11)23-16)8-26-10-13(26)9-25-6-5-15(18(20,21)22)24-17(25)27/h1-7,13H,8-10H2. The van der Waals surface area contributed by atoms with E-state index in [1.807, 2.05) is 30.3 Å². The van der Waals surface area contributed by atoms with Crippen molar-refractivity contribution in [2.45, 2.75) is 25.3 Å². The summed E-state index contributed by atoms with van der Waals surface area (Å²) in [4.78, 5) is 21.4. The molecule has 1 aromatic carbocycles. The van der Waals surface area contributed by atoms with Crippen LogP contribution in [-0.2, 0) is 19.3 Å². The molecule has 1 fully saturated rings. The van der Waals surface area contributed by atoms with E-state index in [9.17, 15) is 18.0 Å². The largest absolute Gasteiger partial charge is 0.433 e. The number of hydrogen-bond donors (Lipinski definition) is 0. The minimum absolute atomic E-state index is 0.0452. The van der Waals surface area contributed by atoms with Gasteiger partial charge in [0.15, 0.2) is 5.69 Å². The molecular formula is C18H14ClF3N4O. The minimum atomic E-state index is -4.62. The molecule has 140 valence electrons. The second-order valence-electron chi connectivity index (χ2n) is 6.46. The first-order valence-corrected chi connectivity index (χ1v) is 8.62. The third-order valence-corrected chi connectivity index (χ3v) is 4.85. The van der Waals surface area contributed by atoms with Gasteiger partial charge >= 0.3 is 11.9 Å². The Kier molecular flexibility index (Phi) is 4.39. The summed E-state index contributed by atoms with van der Waals surface area (Å²) in [6, 6.07) is 10.5. The van der Waals surface area contributed by atoms with Gasteiger partial charge in [0.1, 0.15) is 5.15 Å². The van der Waals surface area contributed by atoms with Gasteiger partial charge in [-0.05, 0) is 18.2 Å². The van der Waals surface area contributed by atoms with Crippen LogP contribution in [0.1, 0.15) is 11.3 Å². The maximum absolute atomic E-state index is 12.6. The van der Waals surface area contributed by atoms with Crippen molar-refractivity contribution in [2.24, 2.45) is 0 Å². The highest BCUT2D eigenvalue weighted by Gasteiger charge is 2.36. The Morgan fingerprint density at radius 1 is 1.19 bits per heavy atom. The smallest absolute Gasteiger partial charge is 0.298 e.